The van der Waals surface area contributed by atoms with Gasteiger partial charge in [0.25, 0.3) is 0 Å². The van der Waals surface area contributed by atoms with E-state index >= 15 is 0 Å². The molecule has 4 heteroatoms. The van der Waals surface area contributed by atoms with Crippen LogP contribution in [0.3, 0.4) is 0 Å². The number of urea groups is 1. The average Bonchev–Trinajstić information content (AvgIpc) is 2.56. The van der Waals surface area contributed by atoms with Gasteiger partial charge in [-0.15, -0.1) is 0 Å². The Hall–Kier alpha value is -2.49. The number of nitrogens with one attached hydrogen (secondary N) is 1. The first-order valence-electron chi connectivity index (χ1n) is 7.44. The minimum absolute atomic E-state index is 0.155. The third-order valence-electron chi connectivity index (χ3n) is 3.41. The molecule has 0 bridgehead atoms. The molecule has 0 spiro atoms. The van der Waals surface area contributed by atoms with Crippen molar-refractivity contribution in [1.29, 1.82) is 0 Å². The van der Waals surface area contributed by atoms with Crippen molar-refractivity contribution >= 4 is 6.03 Å². The molecule has 0 aromatic heterocycles. The van der Waals surface area contributed by atoms with Crippen LogP contribution in [0.25, 0.3) is 0 Å². The van der Waals surface area contributed by atoms with E-state index in [0.29, 0.717) is 6.54 Å². The summed E-state index contributed by atoms with van der Waals surface area (Å²) in [4.78, 5) is 13.7. The summed E-state index contributed by atoms with van der Waals surface area (Å²) in [5, 5.41) is 2.77. The predicted molar refractivity (Wildman–Crippen MR) is 87.8 cm³/mol. The first kappa shape index (κ1) is 15.9. The molecule has 116 valence electrons. The van der Waals surface area contributed by atoms with Gasteiger partial charge in [0.05, 0.1) is 0 Å². The van der Waals surface area contributed by atoms with Crippen LogP contribution in [-0.2, 0) is 13.0 Å². The number of benzene rings is 2. The molecule has 0 aliphatic carbocycles. The number of carbonyl (C=O) groups is 1. The van der Waals surface area contributed by atoms with E-state index in [-0.39, 0.29) is 12.8 Å². The molecule has 0 heterocycles. The van der Waals surface area contributed by atoms with Crippen LogP contribution in [0.5, 0.6) is 5.75 Å². The van der Waals surface area contributed by atoms with Crippen LogP contribution in [0.15, 0.2) is 54.6 Å². The maximum absolute atomic E-state index is 12.0. The molecule has 0 radical (unpaired) electrons. The Morgan fingerprint density at radius 3 is 2.50 bits per heavy atom. The van der Waals surface area contributed by atoms with E-state index in [2.05, 4.69) is 12.2 Å². The van der Waals surface area contributed by atoms with Gasteiger partial charge in [-0.05, 0) is 23.6 Å². The summed E-state index contributed by atoms with van der Waals surface area (Å²) in [6, 6.07) is 17.6. The molecule has 22 heavy (non-hydrogen) atoms. The van der Waals surface area contributed by atoms with Crippen LogP contribution in [0.4, 0.5) is 4.79 Å². The molecular weight excluding hydrogens is 276 g/mol. The highest BCUT2D eigenvalue weighted by atomic mass is 16.5. The zero-order valence-electron chi connectivity index (χ0n) is 13.1. The molecule has 0 unspecified atom stereocenters. The van der Waals surface area contributed by atoms with Crippen molar-refractivity contribution in [3.05, 3.63) is 65.7 Å². The van der Waals surface area contributed by atoms with E-state index in [0.717, 1.165) is 23.3 Å². The number of hydrogen-bond acceptors (Lipinski definition) is 2. The molecule has 2 rings (SSSR count). The fourth-order valence-corrected chi connectivity index (χ4v) is 2.18. The van der Waals surface area contributed by atoms with Crippen molar-refractivity contribution in [1.82, 2.24) is 10.2 Å². The van der Waals surface area contributed by atoms with E-state index in [1.54, 1.807) is 11.9 Å². The summed E-state index contributed by atoms with van der Waals surface area (Å²) < 4.78 is 5.64. The van der Waals surface area contributed by atoms with Gasteiger partial charge in [-0.25, -0.2) is 4.79 Å². The van der Waals surface area contributed by atoms with E-state index in [1.807, 2.05) is 54.6 Å². The lowest BCUT2D eigenvalue weighted by atomic mass is 10.1. The first-order chi connectivity index (χ1) is 10.7. The van der Waals surface area contributed by atoms with Gasteiger partial charge in [0, 0.05) is 13.6 Å². The van der Waals surface area contributed by atoms with Crippen molar-refractivity contribution in [2.24, 2.45) is 0 Å². The molecular formula is C18H22N2O2. The lowest BCUT2D eigenvalue weighted by Crippen LogP contribution is -2.38. The number of aryl methyl sites for hydroxylation is 1. The van der Waals surface area contributed by atoms with Gasteiger partial charge in [-0.3, -0.25) is 0 Å². The van der Waals surface area contributed by atoms with Crippen LogP contribution in [0, 0.1) is 0 Å². The van der Waals surface area contributed by atoms with Crippen molar-refractivity contribution < 1.29 is 9.53 Å². The molecule has 0 fully saturated rings. The third-order valence-corrected chi connectivity index (χ3v) is 3.41. The Morgan fingerprint density at radius 2 is 1.77 bits per heavy atom. The largest absolute Gasteiger partial charge is 0.473 e. The van der Waals surface area contributed by atoms with Crippen LogP contribution < -0.4 is 10.1 Å². The highest BCUT2D eigenvalue weighted by molar-refractivity contribution is 5.73. The van der Waals surface area contributed by atoms with Crippen LogP contribution in [0.2, 0.25) is 0 Å². The topological polar surface area (TPSA) is 41.6 Å². The summed E-state index contributed by atoms with van der Waals surface area (Å²) in [6.07, 6.45) is 0.901. The number of rotatable bonds is 6. The normalized spacial score (nSPS) is 10.1. The van der Waals surface area contributed by atoms with Gasteiger partial charge in [0.2, 0.25) is 0 Å². The lowest BCUT2D eigenvalue weighted by Gasteiger charge is -2.18. The second-order valence-electron chi connectivity index (χ2n) is 5.07. The number of para-hydroxylation sites is 1. The lowest BCUT2D eigenvalue weighted by molar-refractivity contribution is 0.192. The number of nitrogens with zero attached hydrogens (tertiary/aromatic N) is 1. The molecule has 4 nitrogen and oxygen atoms in total. The van der Waals surface area contributed by atoms with Crippen molar-refractivity contribution in [2.45, 2.75) is 19.9 Å². The monoisotopic (exact) mass is 298 g/mol. The van der Waals surface area contributed by atoms with E-state index < -0.39 is 0 Å². The molecule has 0 aliphatic rings. The fraction of sp³-hybridized carbons (Fsp3) is 0.278. The quantitative estimate of drug-likeness (QED) is 0.830. The van der Waals surface area contributed by atoms with Crippen LogP contribution >= 0.6 is 0 Å². The Kier molecular flexibility index (Phi) is 5.83. The van der Waals surface area contributed by atoms with Crippen LogP contribution in [0.1, 0.15) is 18.1 Å². The Labute approximate surface area is 131 Å². The summed E-state index contributed by atoms with van der Waals surface area (Å²) in [5.74, 6) is 0.816. The molecule has 0 saturated heterocycles. The number of carbonyl (C=O) groups excluding carboxylic acids is 1. The van der Waals surface area contributed by atoms with Gasteiger partial charge in [-0.2, -0.15) is 0 Å². The standard InChI is InChI=1S/C18H22N2O2/c1-3-16-11-7-8-12-17(16)22-14-19-18(21)20(2)13-15-9-5-4-6-10-15/h4-12H,3,13-14H2,1-2H3,(H,19,21). The zero-order chi connectivity index (χ0) is 15.8. The fourth-order valence-electron chi connectivity index (χ4n) is 2.18. The van der Waals surface area contributed by atoms with Gasteiger partial charge in [-0.1, -0.05) is 55.5 Å². The van der Waals surface area contributed by atoms with Gasteiger partial charge in [0.15, 0.2) is 6.73 Å². The minimum Gasteiger partial charge on any atom is -0.473 e. The van der Waals surface area contributed by atoms with Crippen molar-refractivity contribution in [3.8, 4) is 5.75 Å². The second-order valence-corrected chi connectivity index (χ2v) is 5.07. The van der Waals surface area contributed by atoms with Gasteiger partial charge >= 0.3 is 6.03 Å². The average molecular weight is 298 g/mol. The van der Waals surface area contributed by atoms with Crippen molar-refractivity contribution in [2.75, 3.05) is 13.8 Å². The summed E-state index contributed by atoms with van der Waals surface area (Å²) >= 11 is 0. The molecule has 2 amide bonds. The Morgan fingerprint density at radius 1 is 1.09 bits per heavy atom. The SMILES string of the molecule is CCc1ccccc1OCNC(=O)N(C)Cc1ccccc1. The van der Waals surface area contributed by atoms with Crippen LogP contribution in [-0.4, -0.2) is 24.7 Å². The molecule has 0 saturated carbocycles. The van der Waals surface area contributed by atoms with E-state index in [9.17, 15) is 4.79 Å². The number of amides is 2. The third kappa shape index (κ3) is 4.52. The van der Waals surface area contributed by atoms with E-state index in [1.165, 1.54) is 0 Å². The van der Waals surface area contributed by atoms with E-state index in [4.69, 9.17) is 4.74 Å². The smallest absolute Gasteiger partial charge is 0.320 e. The molecule has 0 aliphatic heterocycles. The maximum Gasteiger partial charge on any atom is 0.320 e. The highest BCUT2D eigenvalue weighted by Crippen LogP contribution is 2.17. The Balaban J connectivity index is 1.80. The molecule has 2 aromatic carbocycles. The van der Waals surface area contributed by atoms with Crippen molar-refractivity contribution in [3.63, 3.8) is 0 Å². The predicted octanol–water partition coefficient (Wildman–Crippen LogP) is 3.43. The summed E-state index contributed by atoms with van der Waals surface area (Å²) in [6.45, 7) is 2.81. The minimum atomic E-state index is -0.155. The molecule has 2 aromatic rings. The van der Waals surface area contributed by atoms with Gasteiger partial charge in [0.1, 0.15) is 5.75 Å². The maximum atomic E-state index is 12.0. The second kappa shape index (κ2) is 8.08. The zero-order valence-corrected chi connectivity index (χ0v) is 13.1. The first-order valence-corrected chi connectivity index (χ1v) is 7.44. The highest BCUT2D eigenvalue weighted by Gasteiger charge is 2.08. The molecule has 1 N–H and O–H groups in total. The summed E-state index contributed by atoms with van der Waals surface area (Å²) in [5.41, 5.74) is 2.23. The molecule has 0 atom stereocenters. The number of ether oxygens (including phenoxy) is 1. The van der Waals surface area contributed by atoms with Gasteiger partial charge < -0.3 is 15.0 Å². The Bertz CT molecular complexity index is 599. The summed E-state index contributed by atoms with van der Waals surface area (Å²) in [7, 11) is 1.77. The number of hydrogen-bond donors (Lipinski definition) is 1.